The van der Waals surface area contributed by atoms with Gasteiger partial charge in [-0.3, -0.25) is 4.90 Å². The second kappa shape index (κ2) is 10.5. The molecule has 2 aliphatic rings. The maximum Gasteiger partial charge on any atom is 0.315 e. The van der Waals surface area contributed by atoms with Gasteiger partial charge in [0, 0.05) is 45.3 Å². The van der Waals surface area contributed by atoms with E-state index in [1.807, 2.05) is 0 Å². The summed E-state index contributed by atoms with van der Waals surface area (Å²) in [5, 5.41) is 6.14. The van der Waals surface area contributed by atoms with E-state index in [0.717, 1.165) is 65.1 Å². The summed E-state index contributed by atoms with van der Waals surface area (Å²) in [5.74, 6) is 0. The summed E-state index contributed by atoms with van der Waals surface area (Å²) >= 11 is 0. The highest BCUT2D eigenvalue weighted by Crippen LogP contribution is 2.17. The molecule has 0 unspecified atom stereocenters. The van der Waals surface area contributed by atoms with Crippen LogP contribution < -0.4 is 10.6 Å². The van der Waals surface area contributed by atoms with Crippen molar-refractivity contribution in [2.75, 3.05) is 39.3 Å². The zero-order valence-electron chi connectivity index (χ0n) is 16.0. The van der Waals surface area contributed by atoms with E-state index in [1.54, 1.807) is 0 Å². The number of carbonyl (C=O) groups excluding carboxylic acids is 1. The normalized spacial score (nSPS) is 20.0. The van der Waals surface area contributed by atoms with Gasteiger partial charge in [-0.05, 0) is 31.4 Å². The monoisotopic (exact) mass is 358 g/mol. The van der Waals surface area contributed by atoms with Crippen LogP contribution in [0.2, 0.25) is 0 Å². The molecule has 3 rings (SSSR count). The summed E-state index contributed by atoms with van der Waals surface area (Å²) in [7, 11) is 0. The molecule has 1 aliphatic carbocycles. The Morgan fingerprint density at radius 1 is 0.962 bits per heavy atom. The lowest BCUT2D eigenvalue weighted by atomic mass is 9.96. The van der Waals surface area contributed by atoms with Gasteiger partial charge in [0.25, 0.3) is 0 Å². The van der Waals surface area contributed by atoms with Gasteiger partial charge in [0.1, 0.15) is 0 Å². The van der Waals surface area contributed by atoms with Crippen LogP contribution in [0.15, 0.2) is 30.3 Å². The van der Waals surface area contributed by atoms with Crippen molar-refractivity contribution >= 4 is 6.03 Å². The molecule has 144 valence electrons. The highest BCUT2D eigenvalue weighted by atomic mass is 16.2. The molecule has 1 saturated carbocycles. The number of hydrogen-bond donors (Lipinski definition) is 2. The Bertz CT molecular complexity index is 522. The van der Waals surface area contributed by atoms with E-state index in [1.165, 1.54) is 24.8 Å². The van der Waals surface area contributed by atoms with E-state index < -0.39 is 0 Å². The fourth-order valence-electron chi connectivity index (χ4n) is 4.00. The van der Waals surface area contributed by atoms with E-state index in [0.29, 0.717) is 6.04 Å². The fraction of sp³-hybridized carbons (Fsp3) is 0.667. The first-order valence-corrected chi connectivity index (χ1v) is 10.3. The number of piperazine rings is 1. The molecule has 0 bridgehead atoms. The first kappa shape index (κ1) is 19.2. The molecule has 1 aromatic carbocycles. The Morgan fingerprint density at radius 2 is 1.65 bits per heavy atom. The van der Waals surface area contributed by atoms with Gasteiger partial charge in [-0.1, -0.05) is 49.6 Å². The number of nitrogens with zero attached hydrogens (tertiary/aromatic N) is 2. The maximum absolute atomic E-state index is 11.9. The first-order chi connectivity index (χ1) is 12.8. The van der Waals surface area contributed by atoms with E-state index in [-0.39, 0.29) is 6.03 Å². The number of benzene rings is 1. The van der Waals surface area contributed by atoms with E-state index in [9.17, 15) is 4.79 Å². The molecule has 1 heterocycles. The number of amides is 2. The molecule has 5 nitrogen and oxygen atoms in total. The summed E-state index contributed by atoms with van der Waals surface area (Å²) in [6.07, 6.45) is 7.12. The molecule has 5 heteroatoms. The number of carbonyl (C=O) groups is 1. The molecule has 0 aromatic heterocycles. The molecule has 1 aromatic rings. The van der Waals surface area contributed by atoms with Crippen molar-refractivity contribution < 1.29 is 4.79 Å². The molecule has 0 atom stereocenters. The second-order valence-corrected chi connectivity index (χ2v) is 7.69. The van der Waals surface area contributed by atoms with Gasteiger partial charge in [0.2, 0.25) is 0 Å². The number of rotatable bonds is 7. The van der Waals surface area contributed by atoms with Crippen molar-refractivity contribution in [3.63, 3.8) is 0 Å². The van der Waals surface area contributed by atoms with Gasteiger partial charge < -0.3 is 15.5 Å². The SMILES string of the molecule is O=C(NCCCN1CCN(Cc2ccccc2)CC1)NC1CCCCC1. The molecule has 1 aliphatic heterocycles. The summed E-state index contributed by atoms with van der Waals surface area (Å²) in [4.78, 5) is 17.0. The third-order valence-corrected chi connectivity index (χ3v) is 5.59. The van der Waals surface area contributed by atoms with Crippen LogP contribution >= 0.6 is 0 Å². The minimum Gasteiger partial charge on any atom is -0.338 e. The zero-order chi connectivity index (χ0) is 18.0. The predicted molar refractivity (Wildman–Crippen MR) is 106 cm³/mol. The Balaban J connectivity index is 1.23. The average molecular weight is 359 g/mol. The summed E-state index contributed by atoms with van der Waals surface area (Å²) in [6, 6.07) is 11.1. The van der Waals surface area contributed by atoms with Crippen LogP contribution in [0, 0.1) is 0 Å². The molecule has 0 radical (unpaired) electrons. The van der Waals surface area contributed by atoms with Crippen molar-refractivity contribution in [2.45, 2.75) is 51.1 Å². The number of hydrogen-bond acceptors (Lipinski definition) is 3. The smallest absolute Gasteiger partial charge is 0.315 e. The quantitative estimate of drug-likeness (QED) is 0.737. The van der Waals surface area contributed by atoms with Crippen LogP contribution in [0.5, 0.6) is 0 Å². The number of nitrogens with one attached hydrogen (secondary N) is 2. The van der Waals surface area contributed by atoms with Gasteiger partial charge in [-0.25, -0.2) is 4.79 Å². The molecule has 0 spiro atoms. The van der Waals surface area contributed by atoms with Gasteiger partial charge in [-0.15, -0.1) is 0 Å². The van der Waals surface area contributed by atoms with Crippen LogP contribution in [-0.2, 0) is 6.54 Å². The van der Waals surface area contributed by atoms with Crippen LogP contribution in [0.4, 0.5) is 4.79 Å². The molecular weight excluding hydrogens is 324 g/mol. The van der Waals surface area contributed by atoms with E-state index in [2.05, 4.69) is 50.8 Å². The molecular formula is C21H34N4O. The van der Waals surface area contributed by atoms with Gasteiger partial charge >= 0.3 is 6.03 Å². The lowest BCUT2D eigenvalue weighted by Crippen LogP contribution is -2.47. The third-order valence-electron chi connectivity index (χ3n) is 5.59. The third kappa shape index (κ3) is 6.61. The van der Waals surface area contributed by atoms with Crippen molar-refractivity contribution in [1.29, 1.82) is 0 Å². The lowest BCUT2D eigenvalue weighted by molar-refractivity contribution is 0.126. The maximum atomic E-state index is 11.9. The molecule has 2 fully saturated rings. The van der Waals surface area contributed by atoms with Crippen molar-refractivity contribution in [1.82, 2.24) is 20.4 Å². The average Bonchev–Trinajstić information content (AvgIpc) is 2.68. The minimum absolute atomic E-state index is 0.0181. The molecule has 2 amide bonds. The Morgan fingerprint density at radius 3 is 2.38 bits per heavy atom. The Labute approximate surface area is 158 Å². The van der Waals surface area contributed by atoms with E-state index in [4.69, 9.17) is 0 Å². The second-order valence-electron chi connectivity index (χ2n) is 7.69. The lowest BCUT2D eigenvalue weighted by Gasteiger charge is -2.34. The summed E-state index contributed by atoms with van der Waals surface area (Å²) in [5.41, 5.74) is 1.40. The standard InChI is InChI=1S/C21H34N4O/c26-21(23-20-10-5-2-6-11-20)22-12-7-13-24-14-16-25(17-15-24)18-19-8-3-1-4-9-19/h1,3-4,8-9,20H,2,5-7,10-18H2,(H2,22,23,26). The molecule has 2 N–H and O–H groups in total. The van der Waals surface area contributed by atoms with Gasteiger partial charge in [-0.2, -0.15) is 0 Å². The first-order valence-electron chi connectivity index (χ1n) is 10.3. The van der Waals surface area contributed by atoms with Gasteiger partial charge in [0.15, 0.2) is 0 Å². The minimum atomic E-state index is 0.0181. The summed E-state index contributed by atoms with van der Waals surface area (Å²) < 4.78 is 0. The van der Waals surface area contributed by atoms with Crippen LogP contribution in [-0.4, -0.2) is 61.1 Å². The molecule has 1 saturated heterocycles. The van der Waals surface area contributed by atoms with Crippen LogP contribution in [0.1, 0.15) is 44.1 Å². The Kier molecular flexibility index (Phi) is 7.77. The van der Waals surface area contributed by atoms with Crippen molar-refractivity contribution in [3.05, 3.63) is 35.9 Å². The largest absolute Gasteiger partial charge is 0.338 e. The highest BCUT2D eigenvalue weighted by molar-refractivity contribution is 5.74. The Hall–Kier alpha value is -1.59. The number of urea groups is 1. The summed E-state index contributed by atoms with van der Waals surface area (Å²) in [6.45, 7) is 7.40. The fourth-order valence-corrected chi connectivity index (χ4v) is 4.00. The van der Waals surface area contributed by atoms with Gasteiger partial charge in [0.05, 0.1) is 0 Å². The van der Waals surface area contributed by atoms with Crippen molar-refractivity contribution in [2.24, 2.45) is 0 Å². The van der Waals surface area contributed by atoms with Crippen LogP contribution in [0.3, 0.4) is 0 Å². The topological polar surface area (TPSA) is 47.6 Å². The highest BCUT2D eigenvalue weighted by Gasteiger charge is 2.17. The molecule has 26 heavy (non-hydrogen) atoms. The predicted octanol–water partition coefficient (Wildman–Crippen LogP) is 2.83. The zero-order valence-corrected chi connectivity index (χ0v) is 16.0. The van der Waals surface area contributed by atoms with Crippen molar-refractivity contribution in [3.8, 4) is 0 Å². The van der Waals surface area contributed by atoms with E-state index >= 15 is 0 Å². The van der Waals surface area contributed by atoms with Crippen LogP contribution in [0.25, 0.3) is 0 Å².